The van der Waals surface area contributed by atoms with Crippen LogP contribution in [0.2, 0.25) is 0 Å². The number of rotatable bonds is 4. The van der Waals surface area contributed by atoms with Gasteiger partial charge in [0.2, 0.25) is 0 Å². The molecule has 4 rings (SSSR count). The topological polar surface area (TPSA) is 100 Å². The number of nitrogens with one attached hydrogen (secondary N) is 2. The molecular formula is C21H21N5O3. The van der Waals surface area contributed by atoms with Gasteiger partial charge < -0.3 is 19.8 Å². The number of aromatic amines is 1. The molecule has 2 N–H and O–H groups in total. The standard InChI is InChI=1S/C21H21N5O3/c1-25-13-23-17(10-19(25)27)21(29)26-11-15(14-6-3-2-4-7-14)18(12-26)24-20(28)16-8-5-9-22-16/h2-10,13,15,18,22H,11-12H2,1H3,(H,24,28)/t15-,18+/m0/s1. The second-order valence-electron chi connectivity index (χ2n) is 7.11. The van der Waals surface area contributed by atoms with Gasteiger partial charge in [0.1, 0.15) is 11.4 Å². The average Bonchev–Trinajstić information content (AvgIpc) is 3.40. The van der Waals surface area contributed by atoms with Gasteiger partial charge in [-0.3, -0.25) is 14.4 Å². The minimum Gasteiger partial charge on any atom is -0.357 e. The molecule has 3 heterocycles. The summed E-state index contributed by atoms with van der Waals surface area (Å²) in [6.07, 6.45) is 3.03. The first kappa shape index (κ1) is 18.7. The highest BCUT2D eigenvalue weighted by atomic mass is 16.2. The van der Waals surface area contributed by atoms with E-state index in [4.69, 9.17) is 0 Å². The predicted molar refractivity (Wildman–Crippen MR) is 107 cm³/mol. The summed E-state index contributed by atoms with van der Waals surface area (Å²) in [4.78, 5) is 46.0. The zero-order chi connectivity index (χ0) is 20.4. The van der Waals surface area contributed by atoms with E-state index in [-0.39, 0.29) is 35.0 Å². The highest BCUT2D eigenvalue weighted by Gasteiger charge is 2.38. The molecule has 8 nitrogen and oxygen atoms in total. The second kappa shape index (κ2) is 7.75. The number of amides is 2. The number of nitrogens with zero attached hydrogens (tertiary/aromatic N) is 3. The van der Waals surface area contributed by atoms with E-state index in [1.54, 1.807) is 30.3 Å². The molecule has 2 amide bonds. The molecule has 8 heteroatoms. The zero-order valence-corrected chi connectivity index (χ0v) is 15.9. The number of aromatic nitrogens is 3. The van der Waals surface area contributed by atoms with Crippen molar-refractivity contribution in [1.29, 1.82) is 0 Å². The molecule has 0 spiro atoms. The molecule has 0 aliphatic carbocycles. The van der Waals surface area contributed by atoms with Crippen LogP contribution in [0.1, 0.15) is 32.5 Å². The smallest absolute Gasteiger partial charge is 0.272 e. The van der Waals surface area contributed by atoms with Gasteiger partial charge in [0, 0.05) is 38.3 Å². The van der Waals surface area contributed by atoms with Crippen LogP contribution in [0.15, 0.2) is 65.8 Å². The van der Waals surface area contributed by atoms with Gasteiger partial charge in [0.05, 0.1) is 12.4 Å². The van der Waals surface area contributed by atoms with E-state index in [1.165, 1.54) is 17.0 Å². The molecule has 1 aliphatic heterocycles. The van der Waals surface area contributed by atoms with Crippen molar-refractivity contribution >= 4 is 11.8 Å². The van der Waals surface area contributed by atoms with Gasteiger partial charge in [-0.2, -0.15) is 0 Å². The van der Waals surface area contributed by atoms with Crippen LogP contribution in [0.25, 0.3) is 0 Å². The molecule has 0 bridgehead atoms. The quantitative estimate of drug-likeness (QED) is 0.697. The van der Waals surface area contributed by atoms with Crippen LogP contribution in [0.4, 0.5) is 0 Å². The Balaban J connectivity index is 1.59. The van der Waals surface area contributed by atoms with Gasteiger partial charge in [-0.15, -0.1) is 0 Å². The fraction of sp³-hybridized carbons (Fsp3) is 0.238. The highest BCUT2D eigenvalue weighted by molar-refractivity contribution is 5.94. The molecular weight excluding hydrogens is 370 g/mol. The first-order valence-electron chi connectivity index (χ1n) is 9.34. The third kappa shape index (κ3) is 3.82. The number of aryl methyl sites for hydroxylation is 1. The van der Waals surface area contributed by atoms with E-state index in [2.05, 4.69) is 15.3 Å². The maximum atomic E-state index is 12.9. The number of benzene rings is 1. The fourth-order valence-electron chi connectivity index (χ4n) is 3.61. The monoisotopic (exact) mass is 391 g/mol. The SMILES string of the molecule is Cn1cnc(C(=O)N2C[C@@H](NC(=O)c3ccc[nH]3)[C@H](c3ccccc3)C2)cc1=O. The maximum Gasteiger partial charge on any atom is 0.272 e. The molecule has 0 saturated carbocycles. The van der Waals surface area contributed by atoms with Crippen LogP contribution in [0, 0.1) is 0 Å². The van der Waals surface area contributed by atoms with Crippen molar-refractivity contribution in [2.24, 2.45) is 7.05 Å². The summed E-state index contributed by atoms with van der Waals surface area (Å²) in [6, 6.07) is 14.2. The van der Waals surface area contributed by atoms with Gasteiger partial charge in [-0.05, 0) is 17.7 Å². The number of hydrogen-bond acceptors (Lipinski definition) is 4. The van der Waals surface area contributed by atoms with Gasteiger partial charge >= 0.3 is 0 Å². The van der Waals surface area contributed by atoms with Crippen molar-refractivity contribution in [3.63, 3.8) is 0 Å². The fourth-order valence-corrected chi connectivity index (χ4v) is 3.61. The molecule has 3 aromatic rings. The summed E-state index contributed by atoms with van der Waals surface area (Å²) < 4.78 is 1.31. The highest BCUT2D eigenvalue weighted by Crippen LogP contribution is 2.28. The number of carbonyl (C=O) groups is 2. The summed E-state index contributed by atoms with van der Waals surface area (Å²) >= 11 is 0. The van der Waals surface area contributed by atoms with Crippen molar-refractivity contribution in [3.05, 3.63) is 88.4 Å². The van der Waals surface area contributed by atoms with Gasteiger partial charge in [0.25, 0.3) is 17.4 Å². The lowest BCUT2D eigenvalue weighted by molar-refractivity contribution is 0.0776. The van der Waals surface area contributed by atoms with Gasteiger partial charge in [-0.25, -0.2) is 4.98 Å². The maximum absolute atomic E-state index is 12.9. The van der Waals surface area contributed by atoms with Crippen LogP contribution in [-0.4, -0.2) is 50.4 Å². The summed E-state index contributed by atoms with van der Waals surface area (Å²) in [5.41, 5.74) is 1.32. The Morgan fingerprint density at radius 2 is 1.93 bits per heavy atom. The first-order chi connectivity index (χ1) is 14.0. The van der Waals surface area contributed by atoms with Crippen LogP contribution < -0.4 is 10.9 Å². The molecule has 2 atom stereocenters. The third-order valence-corrected chi connectivity index (χ3v) is 5.19. The Morgan fingerprint density at radius 3 is 2.62 bits per heavy atom. The molecule has 148 valence electrons. The molecule has 29 heavy (non-hydrogen) atoms. The Kier molecular flexibility index (Phi) is 4.99. The van der Waals surface area contributed by atoms with Crippen molar-refractivity contribution in [2.45, 2.75) is 12.0 Å². The third-order valence-electron chi connectivity index (χ3n) is 5.19. The summed E-state index contributed by atoms with van der Waals surface area (Å²) in [7, 11) is 1.58. The molecule has 0 unspecified atom stereocenters. The number of likely N-dealkylation sites (tertiary alicyclic amines) is 1. The van der Waals surface area contributed by atoms with Crippen molar-refractivity contribution < 1.29 is 9.59 Å². The van der Waals surface area contributed by atoms with E-state index in [0.29, 0.717) is 18.8 Å². The van der Waals surface area contributed by atoms with Gasteiger partial charge in [0.15, 0.2) is 0 Å². The lowest BCUT2D eigenvalue weighted by Crippen LogP contribution is -2.40. The summed E-state index contributed by atoms with van der Waals surface area (Å²) in [5.74, 6) is -0.604. The van der Waals surface area contributed by atoms with Crippen LogP contribution >= 0.6 is 0 Å². The Hall–Kier alpha value is -3.68. The van der Waals surface area contributed by atoms with Crippen molar-refractivity contribution in [3.8, 4) is 0 Å². The number of H-pyrrole nitrogens is 1. The van der Waals surface area contributed by atoms with E-state index in [9.17, 15) is 14.4 Å². The Morgan fingerprint density at radius 1 is 1.14 bits per heavy atom. The van der Waals surface area contributed by atoms with Crippen molar-refractivity contribution in [1.82, 2.24) is 24.8 Å². The molecule has 1 fully saturated rings. The van der Waals surface area contributed by atoms with Gasteiger partial charge in [-0.1, -0.05) is 30.3 Å². The molecule has 1 aromatic carbocycles. The predicted octanol–water partition coefficient (Wildman–Crippen LogP) is 1.15. The first-order valence-corrected chi connectivity index (χ1v) is 9.34. The lowest BCUT2D eigenvalue weighted by atomic mass is 9.94. The summed E-state index contributed by atoms with van der Waals surface area (Å²) in [5, 5.41) is 3.04. The van der Waals surface area contributed by atoms with Crippen LogP contribution in [-0.2, 0) is 7.05 Å². The minimum atomic E-state index is -0.319. The average molecular weight is 391 g/mol. The van der Waals surface area contributed by atoms with E-state index in [0.717, 1.165) is 5.56 Å². The Labute approximate surface area is 167 Å². The Bertz CT molecular complexity index is 1080. The minimum absolute atomic E-state index is 0.0643. The van der Waals surface area contributed by atoms with Crippen LogP contribution in [0.3, 0.4) is 0 Å². The number of carbonyl (C=O) groups excluding carboxylic acids is 2. The van der Waals surface area contributed by atoms with E-state index < -0.39 is 0 Å². The second-order valence-corrected chi connectivity index (χ2v) is 7.11. The van der Waals surface area contributed by atoms with E-state index in [1.807, 2.05) is 30.3 Å². The molecule has 2 aromatic heterocycles. The summed E-state index contributed by atoms with van der Waals surface area (Å²) in [6.45, 7) is 0.761. The van der Waals surface area contributed by atoms with Crippen molar-refractivity contribution in [2.75, 3.05) is 13.1 Å². The zero-order valence-electron chi connectivity index (χ0n) is 15.9. The normalized spacial score (nSPS) is 18.6. The molecule has 0 radical (unpaired) electrons. The lowest BCUT2D eigenvalue weighted by Gasteiger charge is -2.19. The molecule has 1 aliphatic rings. The van der Waals surface area contributed by atoms with Crippen LogP contribution in [0.5, 0.6) is 0 Å². The molecule has 1 saturated heterocycles. The number of hydrogen-bond donors (Lipinski definition) is 2. The largest absolute Gasteiger partial charge is 0.357 e. The van der Waals surface area contributed by atoms with E-state index >= 15 is 0 Å².